The summed E-state index contributed by atoms with van der Waals surface area (Å²) in [5.74, 6) is -0.236. The standard InChI is InChI=1S/C23H27N3O3/c1-3-17(2)26-22(28)19-13-7-8-14-20(19)25(23(26)29)16-21(27)24-15-9-12-18-10-5-4-6-11-18/h4-8,10-11,13-14,17H,3,9,12,15-16H2,1-2H3,(H,24,27)/t17-/m0/s1. The monoisotopic (exact) mass is 393 g/mol. The van der Waals surface area contributed by atoms with Crippen molar-refractivity contribution in [1.82, 2.24) is 14.5 Å². The molecule has 1 N–H and O–H groups in total. The highest BCUT2D eigenvalue weighted by Gasteiger charge is 2.17. The average molecular weight is 393 g/mol. The molecule has 6 heteroatoms. The molecule has 0 aliphatic heterocycles. The Morgan fingerprint density at radius 1 is 1.03 bits per heavy atom. The van der Waals surface area contributed by atoms with Crippen LogP contribution in [-0.4, -0.2) is 21.6 Å². The van der Waals surface area contributed by atoms with E-state index in [1.165, 1.54) is 14.7 Å². The molecule has 3 rings (SSSR count). The van der Waals surface area contributed by atoms with Gasteiger partial charge in [0, 0.05) is 12.6 Å². The number of para-hydroxylation sites is 1. The Labute approximate surface area is 169 Å². The van der Waals surface area contributed by atoms with Gasteiger partial charge >= 0.3 is 5.69 Å². The van der Waals surface area contributed by atoms with Crippen molar-refractivity contribution in [1.29, 1.82) is 0 Å². The Balaban J connectivity index is 1.77. The molecule has 0 radical (unpaired) electrons. The quantitative estimate of drug-likeness (QED) is 0.598. The van der Waals surface area contributed by atoms with E-state index in [9.17, 15) is 14.4 Å². The summed E-state index contributed by atoms with van der Waals surface area (Å²) in [6, 6.07) is 16.8. The van der Waals surface area contributed by atoms with Gasteiger partial charge in [-0.3, -0.25) is 18.7 Å². The summed E-state index contributed by atoms with van der Waals surface area (Å²) < 4.78 is 2.65. The largest absolute Gasteiger partial charge is 0.355 e. The zero-order chi connectivity index (χ0) is 20.8. The first-order valence-corrected chi connectivity index (χ1v) is 10.1. The molecule has 0 aliphatic carbocycles. The fourth-order valence-corrected chi connectivity index (χ4v) is 3.43. The highest BCUT2D eigenvalue weighted by atomic mass is 16.2. The van der Waals surface area contributed by atoms with Crippen LogP contribution in [0.25, 0.3) is 10.9 Å². The number of rotatable bonds is 8. The molecular formula is C23H27N3O3. The van der Waals surface area contributed by atoms with Crippen LogP contribution >= 0.6 is 0 Å². The van der Waals surface area contributed by atoms with E-state index in [4.69, 9.17) is 0 Å². The van der Waals surface area contributed by atoms with Crippen LogP contribution in [0.5, 0.6) is 0 Å². The van der Waals surface area contributed by atoms with Crippen molar-refractivity contribution in [2.75, 3.05) is 6.54 Å². The number of hydrogen-bond acceptors (Lipinski definition) is 3. The maximum atomic E-state index is 13.0. The molecule has 3 aromatic rings. The van der Waals surface area contributed by atoms with Crippen LogP contribution in [0.2, 0.25) is 0 Å². The van der Waals surface area contributed by atoms with Crippen molar-refractivity contribution in [2.24, 2.45) is 0 Å². The molecule has 2 aromatic carbocycles. The second kappa shape index (κ2) is 9.37. The second-order valence-electron chi connectivity index (χ2n) is 7.26. The first-order chi connectivity index (χ1) is 14.0. The first kappa shape index (κ1) is 20.6. The summed E-state index contributed by atoms with van der Waals surface area (Å²) in [5.41, 5.74) is 0.966. The van der Waals surface area contributed by atoms with E-state index in [-0.39, 0.29) is 24.1 Å². The topological polar surface area (TPSA) is 73.1 Å². The molecule has 152 valence electrons. The minimum absolute atomic E-state index is 0.110. The molecule has 1 amide bonds. The summed E-state index contributed by atoms with van der Waals surface area (Å²) >= 11 is 0. The predicted octanol–water partition coefficient (Wildman–Crippen LogP) is 2.88. The number of amides is 1. The van der Waals surface area contributed by atoms with Crippen LogP contribution in [0, 0.1) is 0 Å². The molecule has 6 nitrogen and oxygen atoms in total. The van der Waals surface area contributed by atoms with Gasteiger partial charge in [0.2, 0.25) is 5.91 Å². The molecule has 0 saturated carbocycles. The second-order valence-corrected chi connectivity index (χ2v) is 7.26. The van der Waals surface area contributed by atoms with E-state index in [1.54, 1.807) is 24.3 Å². The van der Waals surface area contributed by atoms with Crippen LogP contribution in [0.3, 0.4) is 0 Å². The predicted molar refractivity (Wildman–Crippen MR) is 115 cm³/mol. The minimum atomic E-state index is -0.442. The van der Waals surface area contributed by atoms with Crippen molar-refractivity contribution >= 4 is 16.8 Å². The molecule has 0 spiro atoms. The Bertz CT molecular complexity index is 1100. The Kier molecular flexibility index (Phi) is 6.65. The van der Waals surface area contributed by atoms with E-state index in [0.717, 1.165) is 12.8 Å². The summed E-state index contributed by atoms with van der Waals surface area (Å²) in [6.07, 6.45) is 2.35. The minimum Gasteiger partial charge on any atom is -0.355 e. The fraction of sp³-hybridized carbons (Fsp3) is 0.348. The van der Waals surface area contributed by atoms with Gasteiger partial charge in [0.1, 0.15) is 6.54 Å². The molecule has 1 heterocycles. The van der Waals surface area contributed by atoms with Gasteiger partial charge in [0.15, 0.2) is 0 Å². The number of aromatic nitrogens is 2. The van der Waals surface area contributed by atoms with E-state index in [1.807, 2.05) is 32.0 Å². The molecule has 1 aromatic heterocycles. The van der Waals surface area contributed by atoms with Gasteiger partial charge in [0.25, 0.3) is 5.56 Å². The zero-order valence-corrected chi connectivity index (χ0v) is 16.9. The van der Waals surface area contributed by atoms with E-state index in [2.05, 4.69) is 17.4 Å². The van der Waals surface area contributed by atoms with Crippen molar-refractivity contribution in [3.05, 3.63) is 81.0 Å². The molecule has 0 bridgehead atoms. The van der Waals surface area contributed by atoms with E-state index in [0.29, 0.717) is 23.9 Å². The van der Waals surface area contributed by atoms with Crippen molar-refractivity contribution in [3.8, 4) is 0 Å². The van der Waals surface area contributed by atoms with Gasteiger partial charge in [-0.05, 0) is 43.9 Å². The lowest BCUT2D eigenvalue weighted by atomic mass is 10.1. The first-order valence-electron chi connectivity index (χ1n) is 10.1. The highest BCUT2D eigenvalue weighted by Crippen LogP contribution is 2.11. The summed E-state index contributed by atoms with van der Waals surface area (Å²) in [6.45, 7) is 4.19. The summed E-state index contributed by atoms with van der Waals surface area (Å²) in [4.78, 5) is 38.3. The van der Waals surface area contributed by atoms with Crippen LogP contribution < -0.4 is 16.6 Å². The fourth-order valence-electron chi connectivity index (χ4n) is 3.43. The van der Waals surface area contributed by atoms with Gasteiger partial charge in [-0.1, -0.05) is 49.4 Å². The van der Waals surface area contributed by atoms with Crippen LogP contribution in [-0.2, 0) is 17.8 Å². The maximum Gasteiger partial charge on any atom is 0.332 e. The van der Waals surface area contributed by atoms with Gasteiger partial charge in [-0.2, -0.15) is 0 Å². The highest BCUT2D eigenvalue weighted by molar-refractivity contribution is 5.81. The van der Waals surface area contributed by atoms with Gasteiger partial charge < -0.3 is 5.32 Å². The molecular weight excluding hydrogens is 366 g/mol. The van der Waals surface area contributed by atoms with E-state index < -0.39 is 5.69 Å². The Morgan fingerprint density at radius 2 is 1.72 bits per heavy atom. The normalized spacial score (nSPS) is 12.1. The zero-order valence-electron chi connectivity index (χ0n) is 16.9. The Hall–Kier alpha value is -3.15. The van der Waals surface area contributed by atoms with Crippen molar-refractivity contribution in [2.45, 2.75) is 45.7 Å². The van der Waals surface area contributed by atoms with Crippen LogP contribution in [0.15, 0.2) is 64.2 Å². The smallest absolute Gasteiger partial charge is 0.332 e. The third-order valence-electron chi connectivity index (χ3n) is 5.22. The lowest BCUT2D eigenvalue weighted by Crippen LogP contribution is -2.43. The molecule has 0 aliphatic rings. The van der Waals surface area contributed by atoms with Crippen LogP contribution in [0.1, 0.15) is 38.3 Å². The molecule has 0 saturated heterocycles. The molecule has 0 fully saturated rings. The molecule has 29 heavy (non-hydrogen) atoms. The third-order valence-corrected chi connectivity index (χ3v) is 5.22. The summed E-state index contributed by atoms with van der Waals surface area (Å²) in [7, 11) is 0. The van der Waals surface area contributed by atoms with Crippen molar-refractivity contribution in [3.63, 3.8) is 0 Å². The lowest BCUT2D eigenvalue weighted by Gasteiger charge is -2.17. The summed E-state index contributed by atoms with van der Waals surface area (Å²) in [5, 5.41) is 3.33. The molecule has 1 atom stereocenters. The number of aryl methyl sites for hydroxylation is 1. The Morgan fingerprint density at radius 3 is 2.45 bits per heavy atom. The number of nitrogens with one attached hydrogen (secondary N) is 1. The third kappa shape index (κ3) is 4.65. The van der Waals surface area contributed by atoms with Crippen molar-refractivity contribution < 1.29 is 4.79 Å². The SMILES string of the molecule is CC[C@H](C)n1c(=O)c2ccccc2n(CC(=O)NCCCc2ccccc2)c1=O. The van der Waals surface area contributed by atoms with Gasteiger partial charge in [0.05, 0.1) is 10.9 Å². The lowest BCUT2D eigenvalue weighted by molar-refractivity contribution is -0.121. The number of carbonyl (C=O) groups excluding carboxylic acids is 1. The maximum absolute atomic E-state index is 13.0. The number of fused-ring (bicyclic) bond motifs is 1. The number of nitrogens with zero attached hydrogens (tertiary/aromatic N) is 2. The number of benzene rings is 2. The number of hydrogen-bond donors (Lipinski definition) is 1. The average Bonchev–Trinajstić information content (AvgIpc) is 2.75. The number of carbonyl (C=O) groups is 1. The van der Waals surface area contributed by atoms with Crippen LogP contribution in [0.4, 0.5) is 0 Å². The van der Waals surface area contributed by atoms with Gasteiger partial charge in [-0.25, -0.2) is 4.79 Å². The molecule has 0 unspecified atom stereocenters. The van der Waals surface area contributed by atoms with E-state index >= 15 is 0 Å². The van der Waals surface area contributed by atoms with Gasteiger partial charge in [-0.15, -0.1) is 0 Å².